The fourth-order valence-electron chi connectivity index (χ4n) is 3.41. The molecule has 0 saturated carbocycles. The number of nitrogens with zero attached hydrogens (tertiary/aromatic N) is 3. The van der Waals surface area contributed by atoms with Gasteiger partial charge >= 0.3 is 0 Å². The van der Waals surface area contributed by atoms with Crippen molar-refractivity contribution < 1.29 is 18.4 Å². The number of alkyl halides is 2. The molecule has 0 spiro atoms. The molecule has 0 bridgehead atoms. The van der Waals surface area contributed by atoms with Crippen molar-refractivity contribution in [2.45, 2.75) is 31.7 Å². The van der Waals surface area contributed by atoms with Crippen molar-refractivity contribution in [3.63, 3.8) is 0 Å². The third-order valence-corrected chi connectivity index (χ3v) is 4.82. The normalized spacial score (nSPS) is 19.1. The molecule has 1 aliphatic heterocycles. The molecule has 3 rings (SSSR count). The van der Waals surface area contributed by atoms with Gasteiger partial charge in [-0.2, -0.15) is 5.26 Å². The first-order chi connectivity index (χ1) is 13.3. The average Bonchev–Trinajstić information content (AvgIpc) is 3.02. The van der Waals surface area contributed by atoms with E-state index in [1.807, 2.05) is 30.3 Å². The van der Waals surface area contributed by atoms with Gasteiger partial charge in [-0.3, -0.25) is 14.6 Å². The van der Waals surface area contributed by atoms with Crippen molar-refractivity contribution in [2.75, 3.05) is 6.54 Å². The van der Waals surface area contributed by atoms with Crippen molar-refractivity contribution >= 4 is 11.7 Å². The molecule has 0 unspecified atom stereocenters. The molecule has 5 nitrogen and oxygen atoms in total. The Bertz CT molecular complexity index is 925. The van der Waals surface area contributed by atoms with E-state index in [1.54, 1.807) is 18.3 Å². The number of ketones is 1. The molecule has 2 aromatic rings. The molecular weight excluding hydrogens is 364 g/mol. The number of hydrogen-bond donors (Lipinski definition) is 0. The molecule has 0 aliphatic carbocycles. The second-order valence-electron chi connectivity index (χ2n) is 6.99. The van der Waals surface area contributed by atoms with E-state index in [9.17, 15) is 18.4 Å². The van der Waals surface area contributed by atoms with Crippen LogP contribution < -0.4 is 0 Å². The largest absolute Gasteiger partial charge is 0.320 e. The summed E-state index contributed by atoms with van der Waals surface area (Å²) >= 11 is 0. The quantitative estimate of drug-likeness (QED) is 0.738. The summed E-state index contributed by atoms with van der Waals surface area (Å²) in [5.74, 6) is -4.77. The number of pyridine rings is 1. The van der Waals surface area contributed by atoms with Gasteiger partial charge in [-0.25, -0.2) is 8.78 Å². The van der Waals surface area contributed by atoms with Crippen LogP contribution in [0.2, 0.25) is 0 Å². The Labute approximate surface area is 161 Å². The van der Waals surface area contributed by atoms with Crippen LogP contribution in [0.4, 0.5) is 8.78 Å². The zero-order chi connectivity index (χ0) is 20.3. The van der Waals surface area contributed by atoms with Crippen molar-refractivity contribution in [3.05, 3.63) is 54.4 Å². The smallest absolute Gasteiger partial charge is 0.268 e. The Morgan fingerprint density at radius 3 is 2.71 bits per heavy atom. The minimum atomic E-state index is -3.08. The van der Waals surface area contributed by atoms with E-state index < -0.39 is 36.8 Å². The number of Topliss-reactive ketones (excluding diaryl/α,β-unsaturated/α-hetero) is 1. The highest BCUT2D eigenvalue weighted by Crippen LogP contribution is 2.33. The van der Waals surface area contributed by atoms with Crippen molar-refractivity contribution in [2.24, 2.45) is 5.92 Å². The Balaban J connectivity index is 1.77. The van der Waals surface area contributed by atoms with Gasteiger partial charge < -0.3 is 4.90 Å². The number of aromatic nitrogens is 1. The predicted octanol–water partition coefficient (Wildman–Crippen LogP) is 3.72. The molecule has 2 atom stereocenters. The van der Waals surface area contributed by atoms with E-state index >= 15 is 0 Å². The van der Waals surface area contributed by atoms with Crippen LogP contribution in [-0.4, -0.2) is 40.1 Å². The number of likely N-dealkylation sites (tertiary alicyclic amines) is 1. The van der Waals surface area contributed by atoms with Gasteiger partial charge in [0.15, 0.2) is 5.78 Å². The van der Waals surface area contributed by atoms with E-state index in [2.05, 4.69) is 4.98 Å². The number of carbonyl (C=O) groups is 2. The Hall–Kier alpha value is -3.14. The SMILES string of the molecule is C[C@H](CC(=O)c1ccncc1-c1ccccc1)C(=O)N1CC(F)(F)C[C@H]1C#N. The molecular formula is C21H19F2N3O2. The van der Waals surface area contributed by atoms with Gasteiger partial charge in [-0.05, 0) is 11.6 Å². The molecule has 1 amide bonds. The maximum Gasteiger partial charge on any atom is 0.268 e. The summed E-state index contributed by atoms with van der Waals surface area (Å²) in [5.41, 5.74) is 1.89. The van der Waals surface area contributed by atoms with Crippen LogP contribution in [0.3, 0.4) is 0 Å². The van der Waals surface area contributed by atoms with Gasteiger partial charge in [0.1, 0.15) is 6.04 Å². The van der Waals surface area contributed by atoms with Crippen LogP contribution in [-0.2, 0) is 4.79 Å². The van der Waals surface area contributed by atoms with Gasteiger partial charge in [-0.15, -0.1) is 0 Å². The second-order valence-corrected chi connectivity index (χ2v) is 6.99. The molecule has 1 saturated heterocycles. The first kappa shape index (κ1) is 19.6. The molecule has 0 N–H and O–H groups in total. The number of nitriles is 1. The molecule has 1 aliphatic rings. The lowest BCUT2D eigenvalue weighted by Crippen LogP contribution is -2.39. The van der Waals surface area contributed by atoms with Crippen molar-refractivity contribution in [3.8, 4) is 17.2 Å². The molecule has 1 fully saturated rings. The summed E-state index contributed by atoms with van der Waals surface area (Å²) in [4.78, 5) is 30.4. The van der Waals surface area contributed by atoms with Crippen LogP contribution in [0, 0.1) is 17.2 Å². The number of rotatable bonds is 5. The lowest BCUT2D eigenvalue weighted by atomic mass is 9.93. The summed E-state index contributed by atoms with van der Waals surface area (Å²) in [6, 6.07) is 11.4. The van der Waals surface area contributed by atoms with E-state index in [0.717, 1.165) is 10.5 Å². The third kappa shape index (κ3) is 4.06. The number of hydrogen-bond acceptors (Lipinski definition) is 4. The van der Waals surface area contributed by atoms with Gasteiger partial charge in [0.2, 0.25) is 5.91 Å². The van der Waals surface area contributed by atoms with Crippen LogP contribution in [0.25, 0.3) is 11.1 Å². The highest BCUT2D eigenvalue weighted by Gasteiger charge is 2.48. The van der Waals surface area contributed by atoms with E-state index in [1.165, 1.54) is 13.1 Å². The highest BCUT2D eigenvalue weighted by molar-refractivity contribution is 6.03. The Morgan fingerprint density at radius 1 is 1.32 bits per heavy atom. The van der Waals surface area contributed by atoms with Crippen LogP contribution in [0.1, 0.15) is 30.1 Å². The first-order valence-electron chi connectivity index (χ1n) is 8.93. The van der Waals surface area contributed by atoms with Crippen molar-refractivity contribution in [1.82, 2.24) is 9.88 Å². The molecule has 1 aromatic heterocycles. The summed E-state index contributed by atoms with van der Waals surface area (Å²) in [6.45, 7) is 0.738. The van der Waals surface area contributed by atoms with E-state index in [-0.39, 0.29) is 12.2 Å². The monoisotopic (exact) mass is 383 g/mol. The maximum atomic E-state index is 13.6. The number of benzene rings is 1. The molecule has 144 valence electrons. The first-order valence-corrected chi connectivity index (χ1v) is 8.93. The summed E-state index contributed by atoms with van der Waals surface area (Å²) < 4.78 is 27.2. The van der Waals surface area contributed by atoms with Gasteiger partial charge in [0.05, 0.1) is 12.6 Å². The molecule has 28 heavy (non-hydrogen) atoms. The summed E-state index contributed by atoms with van der Waals surface area (Å²) in [6.07, 6.45) is 2.28. The third-order valence-electron chi connectivity index (χ3n) is 4.82. The Morgan fingerprint density at radius 2 is 2.04 bits per heavy atom. The van der Waals surface area contributed by atoms with E-state index in [4.69, 9.17) is 5.26 Å². The van der Waals surface area contributed by atoms with Gasteiger partial charge in [0.25, 0.3) is 5.92 Å². The number of amides is 1. The number of carbonyl (C=O) groups excluding carboxylic acids is 2. The topological polar surface area (TPSA) is 74.1 Å². The van der Waals surface area contributed by atoms with Gasteiger partial charge in [0, 0.05) is 42.3 Å². The fraction of sp³-hybridized carbons (Fsp3) is 0.333. The summed E-state index contributed by atoms with van der Waals surface area (Å²) in [7, 11) is 0. The van der Waals surface area contributed by atoms with Gasteiger partial charge in [-0.1, -0.05) is 37.3 Å². The number of halogens is 2. The van der Waals surface area contributed by atoms with E-state index in [0.29, 0.717) is 11.1 Å². The highest BCUT2D eigenvalue weighted by atomic mass is 19.3. The molecule has 2 heterocycles. The zero-order valence-electron chi connectivity index (χ0n) is 15.3. The Kier molecular flexibility index (Phi) is 5.50. The lowest BCUT2D eigenvalue weighted by molar-refractivity contribution is -0.136. The van der Waals surface area contributed by atoms with Crippen molar-refractivity contribution in [1.29, 1.82) is 5.26 Å². The second kappa shape index (κ2) is 7.85. The maximum absolute atomic E-state index is 13.6. The molecule has 0 radical (unpaired) electrons. The zero-order valence-corrected chi connectivity index (χ0v) is 15.3. The summed E-state index contributed by atoms with van der Waals surface area (Å²) in [5, 5.41) is 9.07. The van der Waals surface area contributed by atoms with Crippen LogP contribution >= 0.6 is 0 Å². The van der Waals surface area contributed by atoms with Crippen LogP contribution in [0.15, 0.2) is 48.8 Å². The standard InChI is InChI=1S/C21H19F2N3O2/c1-14(20(28)26-13-21(22,23)10-16(26)11-24)9-19(27)17-7-8-25-12-18(17)15-5-3-2-4-6-15/h2-8,12,14,16H,9-10,13H2,1H3/t14-,16+/m1/s1. The minimum Gasteiger partial charge on any atom is -0.320 e. The minimum absolute atomic E-state index is 0.136. The average molecular weight is 383 g/mol. The molecule has 7 heteroatoms. The fourth-order valence-corrected chi connectivity index (χ4v) is 3.41. The van der Waals surface area contributed by atoms with Crippen LogP contribution in [0.5, 0.6) is 0 Å². The lowest BCUT2D eigenvalue weighted by Gasteiger charge is -2.23. The predicted molar refractivity (Wildman–Crippen MR) is 98.5 cm³/mol. The molecule has 1 aromatic carbocycles.